The first-order chi connectivity index (χ1) is 6.69. The zero-order valence-corrected chi connectivity index (χ0v) is 8.78. The standard InChI is InChI=1S/C10H17NO3/c1-3-9(12)11(8-4-5-8)7-6-10(13)14-2/h8H,3-7H2,1-2H3. The Kier molecular flexibility index (Phi) is 3.92. The van der Waals surface area contributed by atoms with Crippen LogP contribution in [-0.2, 0) is 14.3 Å². The number of ether oxygens (including phenoxy) is 1. The first kappa shape index (κ1) is 11.0. The van der Waals surface area contributed by atoms with Gasteiger partial charge in [0.15, 0.2) is 0 Å². The molecule has 0 N–H and O–H groups in total. The molecular formula is C10H17NO3. The van der Waals surface area contributed by atoms with Crippen molar-refractivity contribution in [1.82, 2.24) is 4.90 Å². The summed E-state index contributed by atoms with van der Waals surface area (Å²) in [5.41, 5.74) is 0. The van der Waals surface area contributed by atoms with Crippen LogP contribution in [-0.4, -0.2) is 36.5 Å². The summed E-state index contributed by atoms with van der Waals surface area (Å²) in [4.78, 5) is 24.2. The molecule has 1 aliphatic carbocycles. The molecule has 0 bridgehead atoms. The number of methoxy groups -OCH3 is 1. The molecule has 4 nitrogen and oxygen atoms in total. The van der Waals surface area contributed by atoms with E-state index in [4.69, 9.17) is 0 Å². The number of rotatable bonds is 5. The van der Waals surface area contributed by atoms with E-state index < -0.39 is 0 Å². The van der Waals surface area contributed by atoms with Gasteiger partial charge in [0.25, 0.3) is 0 Å². The van der Waals surface area contributed by atoms with E-state index in [1.54, 1.807) is 4.90 Å². The molecule has 1 rings (SSSR count). The lowest BCUT2D eigenvalue weighted by Gasteiger charge is -2.20. The Morgan fingerprint density at radius 2 is 2.07 bits per heavy atom. The van der Waals surface area contributed by atoms with E-state index in [0.717, 1.165) is 12.8 Å². The lowest BCUT2D eigenvalue weighted by Crippen LogP contribution is -2.34. The lowest BCUT2D eigenvalue weighted by molar-refractivity contribution is -0.141. The van der Waals surface area contributed by atoms with Gasteiger partial charge >= 0.3 is 5.97 Å². The minimum absolute atomic E-state index is 0.136. The third-order valence-electron chi connectivity index (χ3n) is 2.39. The maximum absolute atomic E-state index is 11.5. The van der Waals surface area contributed by atoms with Crippen molar-refractivity contribution in [2.75, 3.05) is 13.7 Å². The van der Waals surface area contributed by atoms with Crippen LogP contribution in [0.25, 0.3) is 0 Å². The second-order valence-electron chi connectivity index (χ2n) is 3.50. The van der Waals surface area contributed by atoms with Gasteiger partial charge < -0.3 is 9.64 Å². The van der Waals surface area contributed by atoms with Crippen LogP contribution in [0.2, 0.25) is 0 Å². The largest absolute Gasteiger partial charge is 0.469 e. The number of carbonyl (C=O) groups is 2. The molecule has 14 heavy (non-hydrogen) atoms. The van der Waals surface area contributed by atoms with Gasteiger partial charge in [0.1, 0.15) is 0 Å². The molecule has 0 aliphatic heterocycles. The van der Waals surface area contributed by atoms with Gasteiger partial charge in [0.2, 0.25) is 5.91 Å². The summed E-state index contributed by atoms with van der Waals surface area (Å²) in [7, 11) is 1.37. The molecular weight excluding hydrogens is 182 g/mol. The van der Waals surface area contributed by atoms with E-state index in [2.05, 4.69) is 4.74 Å². The predicted molar refractivity (Wildman–Crippen MR) is 51.7 cm³/mol. The maximum atomic E-state index is 11.5. The molecule has 0 heterocycles. The molecule has 80 valence electrons. The van der Waals surface area contributed by atoms with Crippen LogP contribution >= 0.6 is 0 Å². The highest BCUT2D eigenvalue weighted by atomic mass is 16.5. The van der Waals surface area contributed by atoms with E-state index in [-0.39, 0.29) is 11.9 Å². The normalized spacial score (nSPS) is 15.0. The van der Waals surface area contributed by atoms with Crippen LogP contribution in [0, 0.1) is 0 Å². The van der Waals surface area contributed by atoms with Gasteiger partial charge in [0, 0.05) is 19.0 Å². The first-order valence-electron chi connectivity index (χ1n) is 5.05. The third kappa shape index (κ3) is 3.01. The summed E-state index contributed by atoms with van der Waals surface area (Å²) in [6, 6.07) is 0.382. The number of esters is 1. The van der Waals surface area contributed by atoms with Crippen molar-refractivity contribution in [2.24, 2.45) is 0 Å². The average Bonchev–Trinajstić information content (AvgIpc) is 3.01. The highest BCUT2D eigenvalue weighted by molar-refractivity contribution is 5.77. The van der Waals surface area contributed by atoms with E-state index in [9.17, 15) is 9.59 Å². The second-order valence-corrected chi connectivity index (χ2v) is 3.50. The van der Waals surface area contributed by atoms with E-state index in [1.165, 1.54) is 7.11 Å². The summed E-state index contributed by atoms with van der Waals surface area (Å²) < 4.78 is 4.54. The molecule has 0 aromatic heterocycles. The summed E-state index contributed by atoms with van der Waals surface area (Å²) >= 11 is 0. The van der Waals surface area contributed by atoms with E-state index in [1.807, 2.05) is 6.92 Å². The van der Waals surface area contributed by atoms with Crippen LogP contribution in [0.5, 0.6) is 0 Å². The van der Waals surface area contributed by atoms with Crippen molar-refractivity contribution in [3.63, 3.8) is 0 Å². The van der Waals surface area contributed by atoms with Gasteiger partial charge in [-0.2, -0.15) is 0 Å². The monoisotopic (exact) mass is 199 g/mol. The minimum atomic E-state index is -0.250. The van der Waals surface area contributed by atoms with Crippen molar-refractivity contribution in [3.8, 4) is 0 Å². The molecule has 1 aliphatic rings. The minimum Gasteiger partial charge on any atom is -0.469 e. The third-order valence-corrected chi connectivity index (χ3v) is 2.39. The molecule has 1 amide bonds. The summed E-state index contributed by atoms with van der Waals surface area (Å²) in [6.45, 7) is 2.35. The number of carbonyl (C=O) groups excluding carboxylic acids is 2. The van der Waals surface area contributed by atoms with Crippen LogP contribution < -0.4 is 0 Å². The molecule has 0 aromatic carbocycles. The molecule has 0 spiro atoms. The van der Waals surface area contributed by atoms with Gasteiger partial charge in [-0.15, -0.1) is 0 Å². The molecule has 1 fully saturated rings. The molecule has 0 atom stereocenters. The Hall–Kier alpha value is -1.06. The van der Waals surface area contributed by atoms with E-state index in [0.29, 0.717) is 25.4 Å². The molecule has 0 aromatic rings. The fourth-order valence-electron chi connectivity index (χ4n) is 1.41. The van der Waals surface area contributed by atoms with Crippen molar-refractivity contribution >= 4 is 11.9 Å². The second kappa shape index (κ2) is 4.98. The fourth-order valence-corrected chi connectivity index (χ4v) is 1.41. The molecule has 0 radical (unpaired) electrons. The number of hydrogen-bond donors (Lipinski definition) is 0. The van der Waals surface area contributed by atoms with E-state index >= 15 is 0 Å². The Labute approximate surface area is 84.2 Å². The molecule has 1 saturated carbocycles. The van der Waals surface area contributed by atoms with Gasteiger partial charge in [-0.3, -0.25) is 9.59 Å². The fraction of sp³-hybridized carbons (Fsp3) is 0.800. The molecule has 0 saturated heterocycles. The first-order valence-corrected chi connectivity index (χ1v) is 5.05. The smallest absolute Gasteiger partial charge is 0.307 e. The van der Waals surface area contributed by atoms with Gasteiger partial charge in [-0.25, -0.2) is 0 Å². The highest BCUT2D eigenvalue weighted by Crippen LogP contribution is 2.27. The van der Waals surface area contributed by atoms with Crippen molar-refractivity contribution in [2.45, 2.75) is 38.6 Å². The topological polar surface area (TPSA) is 46.6 Å². The summed E-state index contributed by atoms with van der Waals surface area (Å²) in [6.07, 6.45) is 2.97. The van der Waals surface area contributed by atoms with Crippen LogP contribution in [0.4, 0.5) is 0 Å². The van der Waals surface area contributed by atoms with Crippen molar-refractivity contribution in [1.29, 1.82) is 0 Å². The lowest BCUT2D eigenvalue weighted by atomic mass is 10.3. The Morgan fingerprint density at radius 1 is 1.43 bits per heavy atom. The quantitative estimate of drug-likeness (QED) is 0.619. The number of amides is 1. The summed E-state index contributed by atoms with van der Waals surface area (Å²) in [5, 5.41) is 0. The Bertz CT molecular complexity index is 223. The predicted octanol–water partition coefficient (Wildman–Crippen LogP) is 0.950. The molecule has 0 unspecified atom stereocenters. The van der Waals surface area contributed by atoms with Gasteiger partial charge in [-0.1, -0.05) is 6.92 Å². The number of nitrogens with zero attached hydrogens (tertiary/aromatic N) is 1. The SMILES string of the molecule is CCC(=O)N(CCC(=O)OC)C1CC1. The van der Waals surface area contributed by atoms with Gasteiger partial charge in [0.05, 0.1) is 13.5 Å². The van der Waals surface area contributed by atoms with Crippen LogP contribution in [0.1, 0.15) is 32.6 Å². The average molecular weight is 199 g/mol. The highest BCUT2D eigenvalue weighted by Gasteiger charge is 2.31. The van der Waals surface area contributed by atoms with Crippen molar-refractivity contribution in [3.05, 3.63) is 0 Å². The molecule has 4 heteroatoms. The maximum Gasteiger partial charge on any atom is 0.307 e. The Morgan fingerprint density at radius 3 is 2.50 bits per heavy atom. The number of hydrogen-bond acceptors (Lipinski definition) is 3. The van der Waals surface area contributed by atoms with Gasteiger partial charge in [-0.05, 0) is 12.8 Å². The zero-order chi connectivity index (χ0) is 10.6. The Balaban J connectivity index is 2.35. The van der Waals surface area contributed by atoms with Crippen LogP contribution in [0.3, 0.4) is 0 Å². The summed E-state index contributed by atoms with van der Waals surface area (Å²) in [5.74, 6) is -0.115. The van der Waals surface area contributed by atoms with Crippen LogP contribution in [0.15, 0.2) is 0 Å². The zero-order valence-electron chi connectivity index (χ0n) is 8.78. The van der Waals surface area contributed by atoms with Crippen molar-refractivity contribution < 1.29 is 14.3 Å².